The molecule has 0 aliphatic carbocycles. The van der Waals surface area contributed by atoms with Crippen LogP contribution in [-0.4, -0.2) is 36.6 Å². The van der Waals surface area contributed by atoms with Gasteiger partial charge in [-0.05, 0) is 97.1 Å². The van der Waals surface area contributed by atoms with Crippen LogP contribution in [0, 0.1) is 5.92 Å². The summed E-state index contributed by atoms with van der Waals surface area (Å²) in [5, 5.41) is 19.2. The van der Waals surface area contributed by atoms with E-state index in [1.807, 2.05) is 0 Å². The maximum Gasteiger partial charge on any atom is 0.125 e. The molecule has 2 rings (SSSR count). The molecular formula is C38H62O4. The minimum absolute atomic E-state index is 0.0268. The van der Waals surface area contributed by atoms with Crippen LogP contribution in [0.4, 0.5) is 0 Å². The topological polar surface area (TPSA) is 58.9 Å². The number of hydrogen-bond acceptors (Lipinski definition) is 4. The summed E-state index contributed by atoms with van der Waals surface area (Å²) < 4.78 is 12.5. The standard InChI is InChI=1S/C38H62O4/c1-8-12-16-30-24-34(25-31(17-13-9-2)36(30)41-22-20-39)38(7,28-29(5)6)35-26-32(18-14-10-3)37(42-23-21-40)33(27-35)19-15-11-4/h24-27,29,39-40H,8-23,28H2,1-7H3. The van der Waals surface area contributed by atoms with E-state index in [1.165, 1.54) is 33.4 Å². The fraction of sp³-hybridized carbons (Fsp3) is 0.684. The second kappa shape index (κ2) is 19.3. The average Bonchev–Trinajstić information content (AvgIpc) is 2.98. The monoisotopic (exact) mass is 582 g/mol. The minimum Gasteiger partial charge on any atom is -0.491 e. The van der Waals surface area contributed by atoms with Gasteiger partial charge >= 0.3 is 0 Å². The molecule has 2 N–H and O–H groups in total. The summed E-state index contributed by atoms with van der Waals surface area (Å²) in [6.45, 7) is 16.8. The van der Waals surface area contributed by atoms with Crippen LogP contribution < -0.4 is 9.47 Å². The van der Waals surface area contributed by atoms with Gasteiger partial charge < -0.3 is 19.7 Å². The Balaban J connectivity index is 2.87. The second-order valence-corrected chi connectivity index (χ2v) is 12.7. The van der Waals surface area contributed by atoms with Gasteiger partial charge in [0, 0.05) is 5.41 Å². The molecule has 4 heteroatoms. The van der Waals surface area contributed by atoms with Crippen molar-refractivity contribution in [2.75, 3.05) is 26.4 Å². The molecule has 0 bridgehead atoms. The molecule has 0 aromatic heterocycles. The number of ether oxygens (including phenoxy) is 2. The van der Waals surface area contributed by atoms with Crippen molar-refractivity contribution < 1.29 is 19.7 Å². The summed E-state index contributed by atoms with van der Waals surface area (Å²) >= 11 is 0. The highest BCUT2D eigenvalue weighted by atomic mass is 16.5. The number of aliphatic hydroxyl groups excluding tert-OH is 2. The van der Waals surface area contributed by atoms with Crippen molar-refractivity contribution in [2.24, 2.45) is 5.92 Å². The van der Waals surface area contributed by atoms with Gasteiger partial charge in [-0.2, -0.15) is 0 Å². The molecule has 4 nitrogen and oxygen atoms in total. The molecule has 0 saturated carbocycles. The van der Waals surface area contributed by atoms with Gasteiger partial charge in [-0.1, -0.05) is 98.4 Å². The highest BCUT2D eigenvalue weighted by Gasteiger charge is 2.33. The van der Waals surface area contributed by atoms with Gasteiger partial charge in [0.15, 0.2) is 0 Å². The van der Waals surface area contributed by atoms with Crippen molar-refractivity contribution in [3.63, 3.8) is 0 Å². The zero-order chi connectivity index (χ0) is 31.0. The summed E-state index contributed by atoms with van der Waals surface area (Å²) in [5.41, 5.74) is 7.69. The van der Waals surface area contributed by atoms with Crippen LogP contribution in [0.2, 0.25) is 0 Å². The van der Waals surface area contributed by atoms with Gasteiger partial charge in [0.1, 0.15) is 24.7 Å². The van der Waals surface area contributed by atoms with E-state index in [4.69, 9.17) is 9.47 Å². The summed E-state index contributed by atoms with van der Waals surface area (Å²) in [5.74, 6) is 2.52. The Kier molecular flexibility index (Phi) is 16.6. The predicted octanol–water partition coefficient (Wildman–Crippen LogP) is 9.15. The van der Waals surface area contributed by atoms with Crippen molar-refractivity contribution in [2.45, 2.75) is 137 Å². The predicted molar refractivity (Wildman–Crippen MR) is 178 cm³/mol. The third-order valence-corrected chi connectivity index (χ3v) is 8.45. The third-order valence-electron chi connectivity index (χ3n) is 8.45. The first kappa shape index (κ1) is 36.2. The Hall–Kier alpha value is -2.04. The fourth-order valence-corrected chi connectivity index (χ4v) is 6.24. The van der Waals surface area contributed by atoms with Crippen molar-refractivity contribution in [3.8, 4) is 11.5 Å². The van der Waals surface area contributed by atoms with Crippen molar-refractivity contribution in [1.29, 1.82) is 0 Å². The Labute approximate surface area is 258 Å². The molecule has 0 amide bonds. The van der Waals surface area contributed by atoms with E-state index < -0.39 is 0 Å². The largest absolute Gasteiger partial charge is 0.491 e. The number of unbranched alkanes of at least 4 members (excludes halogenated alkanes) is 4. The van der Waals surface area contributed by atoms with Crippen LogP contribution in [0.25, 0.3) is 0 Å². The SMILES string of the molecule is CCCCc1cc(C(C)(CC(C)C)c2cc(CCCC)c(OCCO)c(CCCC)c2)cc(CCCC)c1OCCO. The maximum absolute atomic E-state index is 9.60. The Morgan fingerprint density at radius 2 is 0.905 bits per heavy atom. The third kappa shape index (κ3) is 10.3. The second-order valence-electron chi connectivity index (χ2n) is 12.7. The van der Waals surface area contributed by atoms with Gasteiger partial charge in [0.25, 0.3) is 0 Å². The van der Waals surface area contributed by atoms with E-state index >= 15 is 0 Å². The molecule has 0 aliphatic heterocycles. The van der Waals surface area contributed by atoms with Crippen molar-refractivity contribution >= 4 is 0 Å². The number of aliphatic hydroxyl groups is 2. The van der Waals surface area contributed by atoms with Crippen LogP contribution in [0.1, 0.15) is 140 Å². The highest BCUT2D eigenvalue weighted by molar-refractivity contribution is 5.54. The van der Waals surface area contributed by atoms with Gasteiger partial charge in [-0.3, -0.25) is 0 Å². The van der Waals surface area contributed by atoms with E-state index in [1.54, 1.807) is 0 Å². The van der Waals surface area contributed by atoms with E-state index in [9.17, 15) is 10.2 Å². The van der Waals surface area contributed by atoms with E-state index in [-0.39, 0.29) is 18.6 Å². The normalized spacial score (nSPS) is 11.9. The molecule has 0 unspecified atom stereocenters. The molecule has 42 heavy (non-hydrogen) atoms. The molecule has 238 valence electrons. The number of benzene rings is 2. The lowest BCUT2D eigenvalue weighted by Gasteiger charge is -2.35. The molecule has 0 atom stereocenters. The Bertz CT molecular complexity index is 908. The van der Waals surface area contributed by atoms with Crippen LogP contribution in [-0.2, 0) is 31.1 Å². The minimum atomic E-state index is -0.178. The average molecular weight is 583 g/mol. The van der Waals surface area contributed by atoms with E-state index in [0.29, 0.717) is 19.1 Å². The zero-order valence-corrected chi connectivity index (χ0v) is 28.1. The number of rotatable bonds is 22. The van der Waals surface area contributed by atoms with Gasteiger partial charge in [-0.25, -0.2) is 0 Å². The lowest BCUT2D eigenvalue weighted by Crippen LogP contribution is -2.27. The molecule has 0 spiro atoms. The van der Waals surface area contributed by atoms with E-state index in [0.717, 1.165) is 95.0 Å². The zero-order valence-electron chi connectivity index (χ0n) is 28.1. The van der Waals surface area contributed by atoms with Crippen molar-refractivity contribution in [3.05, 3.63) is 57.6 Å². The first-order chi connectivity index (χ1) is 20.3. The molecule has 2 aromatic carbocycles. The van der Waals surface area contributed by atoms with Crippen LogP contribution in [0.5, 0.6) is 11.5 Å². The van der Waals surface area contributed by atoms with Crippen LogP contribution in [0.3, 0.4) is 0 Å². The maximum atomic E-state index is 9.60. The summed E-state index contributed by atoms with van der Waals surface area (Å²) in [4.78, 5) is 0. The van der Waals surface area contributed by atoms with Gasteiger partial charge in [0.05, 0.1) is 13.2 Å². The van der Waals surface area contributed by atoms with Crippen LogP contribution in [0.15, 0.2) is 24.3 Å². The highest BCUT2D eigenvalue weighted by Crippen LogP contribution is 2.44. The first-order valence-corrected chi connectivity index (χ1v) is 17.1. The quantitative estimate of drug-likeness (QED) is 0.145. The first-order valence-electron chi connectivity index (χ1n) is 17.1. The summed E-state index contributed by atoms with van der Waals surface area (Å²) in [7, 11) is 0. The molecular weight excluding hydrogens is 520 g/mol. The number of aryl methyl sites for hydroxylation is 4. The molecule has 0 fully saturated rings. The van der Waals surface area contributed by atoms with Crippen LogP contribution >= 0.6 is 0 Å². The Morgan fingerprint density at radius 1 is 0.595 bits per heavy atom. The van der Waals surface area contributed by atoms with Crippen molar-refractivity contribution in [1.82, 2.24) is 0 Å². The smallest absolute Gasteiger partial charge is 0.125 e. The van der Waals surface area contributed by atoms with Gasteiger partial charge in [-0.15, -0.1) is 0 Å². The molecule has 0 saturated heterocycles. The lowest BCUT2D eigenvalue weighted by molar-refractivity contribution is 0.199. The lowest BCUT2D eigenvalue weighted by atomic mass is 9.69. The molecule has 0 aliphatic rings. The fourth-order valence-electron chi connectivity index (χ4n) is 6.24. The van der Waals surface area contributed by atoms with E-state index in [2.05, 4.69) is 72.7 Å². The summed E-state index contributed by atoms with van der Waals surface area (Å²) in [6.07, 6.45) is 14.0. The Morgan fingerprint density at radius 3 is 1.14 bits per heavy atom. The summed E-state index contributed by atoms with van der Waals surface area (Å²) in [6, 6.07) is 9.70. The number of hydrogen-bond donors (Lipinski definition) is 2. The molecule has 0 radical (unpaired) electrons. The molecule has 2 aromatic rings. The van der Waals surface area contributed by atoms with Gasteiger partial charge in [0.2, 0.25) is 0 Å². The molecule has 0 heterocycles.